The van der Waals surface area contributed by atoms with Gasteiger partial charge in [0, 0.05) is 30.0 Å². The van der Waals surface area contributed by atoms with Gasteiger partial charge in [-0.15, -0.1) is 11.3 Å². The van der Waals surface area contributed by atoms with Crippen molar-refractivity contribution in [2.24, 2.45) is 0 Å². The van der Waals surface area contributed by atoms with Crippen molar-refractivity contribution < 1.29 is 9.59 Å². The van der Waals surface area contributed by atoms with Crippen LogP contribution in [0.25, 0.3) is 0 Å². The number of Topliss-reactive ketones (excluding diaryl/α,β-unsaturated/α-hetero) is 1. The highest BCUT2D eigenvalue weighted by atomic mass is 32.1. The van der Waals surface area contributed by atoms with Crippen LogP contribution >= 0.6 is 11.3 Å². The average molecular weight is 383 g/mol. The summed E-state index contributed by atoms with van der Waals surface area (Å²) in [7, 11) is 4.12. The number of thiophene rings is 1. The van der Waals surface area contributed by atoms with Crippen molar-refractivity contribution in [2.75, 3.05) is 27.2 Å². The van der Waals surface area contributed by atoms with Crippen LogP contribution in [0, 0.1) is 0 Å². The van der Waals surface area contributed by atoms with E-state index in [9.17, 15) is 9.59 Å². The molecule has 0 spiro atoms. The molecular formula is C22H26N2O2S. The van der Waals surface area contributed by atoms with E-state index in [-0.39, 0.29) is 17.7 Å². The summed E-state index contributed by atoms with van der Waals surface area (Å²) in [5.74, 6) is 0.421. The lowest BCUT2D eigenvalue weighted by Crippen LogP contribution is -2.44. The van der Waals surface area contributed by atoms with Gasteiger partial charge >= 0.3 is 0 Å². The van der Waals surface area contributed by atoms with Gasteiger partial charge in [0.05, 0.1) is 12.5 Å². The lowest BCUT2D eigenvalue weighted by atomic mass is 9.89. The SMILES string of the molecule is CN(C)CC1c2sccc2CCN1C(=O)Cc1ccc2c(c1)CCCC2=O. The van der Waals surface area contributed by atoms with Gasteiger partial charge in [-0.1, -0.05) is 18.2 Å². The summed E-state index contributed by atoms with van der Waals surface area (Å²) in [6.07, 6.45) is 3.85. The van der Waals surface area contributed by atoms with Crippen LogP contribution in [0.2, 0.25) is 0 Å². The molecule has 0 N–H and O–H groups in total. The molecule has 1 aliphatic heterocycles. The number of nitrogens with zero attached hydrogens (tertiary/aromatic N) is 2. The van der Waals surface area contributed by atoms with Gasteiger partial charge in [-0.25, -0.2) is 0 Å². The molecule has 2 heterocycles. The molecule has 0 saturated carbocycles. The third-order valence-electron chi connectivity index (χ3n) is 5.62. The Balaban J connectivity index is 1.54. The molecule has 4 rings (SSSR count). The normalized spacial score (nSPS) is 19.1. The molecule has 1 amide bonds. The van der Waals surface area contributed by atoms with E-state index in [4.69, 9.17) is 0 Å². The fraction of sp³-hybridized carbons (Fsp3) is 0.455. The van der Waals surface area contributed by atoms with Gasteiger partial charge in [0.15, 0.2) is 5.78 Å². The Labute approximate surface area is 164 Å². The predicted molar refractivity (Wildman–Crippen MR) is 108 cm³/mol. The second-order valence-electron chi connectivity index (χ2n) is 7.87. The Hall–Kier alpha value is -1.98. The van der Waals surface area contributed by atoms with Gasteiger partial charge in [0.25, 0.3) is 0 Å². The third-order valence-corrected chi connectivity index (χ3v) is 6.68. The molecule has 1 aromatic heterocycles. The summed E-state index contributed by atoms with van der Waals surface area (Å²) in [4.78, 5) is 30.7. The minimum Gasteiger partial charge on any atom is -0.333 e. The van der Waals surface area contributed by atoms with Gasteiger partial charge in [-0.3, -0.25) is 9.59 Å². The fourth-order valence-electron chi connectivity index (χ4n) is 4.30. The van der Waals surface area contributed by atoms with Crippen molar-refractivity contribution in [1.29, 1.82) is 0 Å². The minimum absolute atomic E-state index is 0.135. The van der Waals surface area contributed by atoms with Crippen LogP contribution in [-0.2, 0) is 24.1 Å². The molecule has 1 atom stereocenters. The van der Waals surface area contributed by atoms with Crippen LogP contribution < -0.4 is 0 Å². The van der Waals surface area contributed by atoms with Crippen LogP contribution in [0.3, 0.4) is 0 Å². The summed E-state index contributed by atoms with van der Waals surface area (Å²) >= 11 is 1.76. The molecule has 0 saturated heterocycles. The van der Waals surface area contributed by atoms with Crippen LogP contribution in [-0.4, -0.2) is 48.7 Å². The molecule has 0 fully saturated rings. The standard InChI is InChI=1S/C22H26N2O2S/c1-23(2)14-19-22-16(9-11-27-22)8-10-24(19)21(26)13-15-6-7-18-17(12-15)4-3-5-20(18)25/h6-7,9,11-12,19H,3-5,8,10,13-14H2,1-2H3. The van der Waals surface area contributed by atoms with E-state index < -0.39 is 0 Å². The largest absolute Gasteiger partial charge is 0.333 e. The number of rotatable bonds is 4. The maximum absolute atomic E-state index is 13.2. The number of likely N-dealkylation sites (N-methyl/N-ethyl adjacent to an activating group) is 1. The first kappa shape index (κ1) is 18.4. The maximum Gasteiger partial charge on any atom is 0.227 e. The Morgan fingerprint density at radius 1 is 1.19 bits per heavy atom. The van der Waals surface area contributed by atoms with E-state index in [1.807, 2.05) is 12.1 Å². The maximum atomic E-state index is 13.2. The number of fused-ring (bicyclic) bond motifs is 2. The van der Waals surface area contributed by atoms with E-state index in [2.05, 4.69) is 41.4 Å². The second kappa shape index (κ2) is 7.56. The van der Waals surface area contributed by atoms with Crippen molar-refractivity contribution >= 4 is 23.0 Å². The topological polar surface area (TPSA) is 40.6 Å². The van der Waals surface area contributed by atoms with Crippen LogP contribution in [0.5, 0.6) is 0 Å². The summed E-state index contributed by atoms with van der Waals surface area (Å²) in [6.45, 7) is 1.63. The summed E-state index contributed by atoms with van der Waals surface area (Å²) in [6, 6.07) is 8.29. The molecule has 1 aromatic carbocycles. The molecule has 1 aliphatic carbocycles. The molecule has 4 nitrogen and oxygen atoms in total. The van der Waals surface area contributed by atoms with Crippen molar-refractivity contribution in [3.8, 4) is 0 Å². The van der Waals surface area contributed by atoms with Gasteiger partial charge in [0.2, 0.25) is 5.91 Å². The molecule has 27 heavy (non-hydrogen) atoms. The summed E-state index contributed by atoms with van der Waals surface area (Å²) in [5.41, 5.74) is 4.38. The molecule has 142 valence electrons. The molecule has 2 aromatic rings. The molecule has 5 heteroatoms. The summed E-state index contributed by atoms with van der Waals surface area (Å²) < 4.78 is 0. The van der Waals surface area contributed by atoms with E-state index in [1.165, 1.54) is 10.4 Å². The highest BCUT2D eigenvalue weighted by molar-refractivity contribution is 7.10. The number of benzene rings is 1. The first-order chi connectivity index (χ1) is 13.0. The number of hydrogen-bond donors (Lipinski definition) is 0. The van der Waals surface area contributed by atoms with Crippen molar-refractivity contribution in [3.63, 3.8) is 0 Å². The fourth-order valence-corrected chi connectivity index (χ4v) is 5.36. The number of carbonyl (C=O) groups excluding carboxylic acids is 2. The lowest BCUT2D eigenvalue weighted by Gasteiger charge is -2.37. The van der Waals surface area contributed by atoms with E-state index in [0.717, 1.165) is 49.0 Å². The Kier molecular flexibility index (Phi) is 5.15. The molecule has 0 radical (unpaired) electrons. The van der Waals surface area contributed by atoms with Gasteiger partial charge < -0.3 is 9.80 Å². The minimum atomic E-state index is 0.135. The zero-order chi connectivity index (χ0) is 19.0. The summed E-state index contributed by atoms with van der Waals surface area (Å²) in [5, 5.41) is 2.14. The Morgan fingerprint density at radius 3 is 2.85 bits per heavy atom. The van der Waals surface area contributed by atoms with Gasteiger partial charge in [-0.2, -0.15) is 0 Å². The van der Waals surface area contributed by atoms with Crippen LogP contribution in [0.15, 0.2) is 29.6 Å². The van der Waals surface area contributed by atoms with Crippen molar-refractivity contribution in [2.45, 2.75) is 38.1 Å². The zero-order valence-corrected chi connectivity index (χ0v) is 16.8. The van der Waals surface area contributed by atoms with Crippen LogP contribution in [0.1, 0.15) is 50.8 Å². The first-order valence-electron chi connectivity index (χ1n) is 9.68. The number of amides is 1. The predicted octanol–water partition coefficient (Wildman–Crippen LogP) is 3.50. The number of aryl methyl sites for hydroxylation is 1. The quantitative estimate of drug-likeness (QED) is 0.813. The molecule has 0 bridgehead atoms. The molecular weight excluding hydrogens is 356 g/mol. The van der Waals surface area contributed by atoms with Gasteiger partial charge in [0.1, 0.15) is 0 Å². The van der Waals surface area contributed by atoms with Crippen molar-refractivity contribution in [1.82, 2.24) is 9.80 Å². The Morgan fingerprint density at radius 2 is 2.04 bits per heavy atom. The number of hydrogen-bond acceptors (Lipinski definition) is 4. The Bertz CT molecular complexity index is 871. The lowest BCUT2D eigenvalue weighted by molar-refractivity contribution is -0.133. The highest BCUT2D eigenvalue weighted by Gasteiger charge is 2.32. The number of ketones is 1. The zero-order valence-electron chi connectivity index (χ0n) is 16.0. The molecule has 2 aliphatic rings. The van der Waals surface area contributed by atoms with Crippen molar-refractivity contribution in [3.05, 3.63) is 56.8 Å². The average Bonchev–Trinajstić information content (AvgIpc) is 3.11. The van der Waals surface area contributed by atoms with Gasteiger partial charge in [-0.05, 0) is 61.5 Å². The molecule has 1 unspecified atom stereocenters. The first-order valence-corrected chi connectivity index (χ1v) is 10.6. The van der Waals surface area contributed by atoms with E-state index in [0.29, 0.717) is 12.8 Å². The van der Waals surface area contributed by atoms with Crippen LogP contribution in [0.4, 0.5) is 0 Å². The second-order valence-corrected chi connectivity index (χ2v) is 8.82. The monoisotopic (exact) mass is 382 g/mol. The highest BCUT2D eigenvalue weighted by Crippen LogP contribution is 2.35. The van der Waals surface area contributed by atoms with E-state index >= 15 is 0 Å². The smallest absolute Gasteiger partial charge is 0.227 e. The third kappa shape index (κ3) is 3.71. The number of carbonyl (C=O) groups is 2. The van der Waals surface area contributed by atoms with E-state index in [1.54, 1.807) is 11.3 Å².